The molecule has 0 radical (unpaired) electrons. The van der Waals surface area contributed by atoms with Gasteiger partial charge in [-0.15, -0.1) is 0 Å². The van der Waals surface area contributed by atoms with Crippen molar-refractivity contribution in [1.29, 1.82) is 0 Å². The maximum Gasteiger partial charge on any atom is 0.223 e. The van der Waals surface area contributed by atoms with E-state index in [1.165, 1.54) is 32.1 Å². The molecule has 1 saturated carbocycles. The minimum absolute atomic E-state index is 0.464. The summed E-state index contributed by atoms with van der Waals surface area (Å²) in [6, 6.07) is 11.9. The van der Waals surface area contributed by atoms with E-state index in [9.17, 15) is 5.21 Å². The molecule has 2 aromatic rings. The van der Waals surface area contributed by atoms with Gasteiger partial charge in [0.15, 0.2) is 5.69 Å². The van der Waals surface area contributed by atoms with Gasteiger partial charge in [-0.1, -0.05) is 31.4 Å². The van der Waals surface area contributed by atoms with Crippen molar-refractivity contribution < 1.29 is 4.73 Å². The summed E-state index contributed by atoms with van der Waals surface area (Å²) in [5.41, 5.74) is 1.76. The predicted molar refractivity (Wildman–Crippen MR) is 68.7 cm³/mol. The van der Waals surface area contributed by atoms with Gasteiger partial charge in [0.2, 0.25) is 5.52 Å². The summed E-state index contributed by atoms with van der Waals surface area (Å²) in [5, 5.41) is 13.4. The number of hydrogen-bond acceptors (Lipinski definition) is 1. The summed E-state index contributed by atoms with van der Waals surface area (Å²) in [7, 11) is 0. The van der Waals surface area contributed by atoms with Crippen LogP contribution in [-0.2, 0) is 0 Å². The Morgan fingerprint density at radius 3 is 2.53 bits per heavy atom. The highest BCUT2D eigenvalue weighted by atomic mass is 16.5. The molecule has 1 aromatic heterocycles. The molecule has 2 heteroatoms. The van der Waals surface area contributed by atoms with Gasteiger partial charge in [-0.2, -0.15) is 4.73 Å². The van der Waals surface area contributed by atoms with Crippen molar-refractivity contribution in [2.45, 2.75) is 38.0 Å². The zero-order valence-corrected chi connectivity index (χ0v) is 9.93. The Morgan fingerprint density at radius 1 is 0.941 bits per heavy atom. The Balaban J connectivity index is 2.07. The van der Waals surface area contributed by atoms with Crippen molar-refractivity contribution in [3.05, 3.63) is 47.3 Å². The first-order valence-electron chi connectivity index (χ1n) is 6.47. The van der Waals surface area contributed by atoms with Crippen LogP contribution >= 0.6 is 0 Å². The minimum Gasteiger partial charge on any atom is -0.618 e. The van der Waals surface area contributed by atoms with E-state index < -0.39 is 0 Å². The summed E-state index contributed by atoms with van der Waals surface area (Å²) in [5.74, 6) is 0.464. The SMILES string of the molecule is [O-][n+]1c(C2CCCCC2)ccc2ccccc21. The maximum absolute atomic E-state index is 12.3. The smallest absolute Gasteiger partial charge is 0.223 e. The predicted octanol–water partition coefficient (Wildman–Crippen LogP) is 3.52. The summed E-state index contributed by atoms with van der Waals surface area (Å²) in [6.07, 6.45) is 6.18. The third-order valence-corrected chi connectivity index (χ3v) is 3.85. The van der Waals surface area contributed by atoms with Gasteiger partial charge in [0.05, 0.1) is 0 Å². The lowest BCUT2D eigenvalue weighted by molar-refractivity contribution is -0.588. The third-order valence-electron chi connectivity index (χ3n) is 3.85. The van der Waals surface area contributed by atoms with E-state index >= 15 is 0 Å². The van der Waals surface area contributed by atoms with Crippen molar-refractivity contribution in [2.75, 3.05) is 0 Å². The first-order valence-corrected chi connectivity index (χ1v) is 6.47. The van der Waals surface area contributed by atoms with Crippen molar-refractivity contribution in [2.24, 2.45) is 0 Å². The molecule has 88 valence electrons. The number of nitrogens with zero attached hydrogens (tertiary/aromatic N) is 1. The number of hydrogen-bond donors (Lipinski definition) is 0. The number of rotatable bonds is 1. The van der Waals surface area contributed by atoms with Gasteiger partial charge in [-0.25, -0.2) is 0 Å². The summed E-state index contributed by atoms with van der Waals surface area (Å²) in [6.45, 7) is 0. The summed E-state index contributed by atoms with van der Waals surface area (Å²) >= 11 is 0. The van der Waals surface area contributed by atoms with Crippen molar-refractivity contribution in [3.8, 4) is 0 Å². The first kappa shape index (κ1) is 10.6. The molecule has 0 spiro atoms. The van der Waals surface area contributed by atoms with E-state index in [0.29, 0.717) is 5.92 Å². The normalized spacial score (nSPS) is 17.4. The van der Waals surface area contributed by atoms with Crippen LogP contribution < -0.4 is 4.73 Å². The highest BCUT2D eigenvalue weighted by molar-refractivity contribution is 5.75. The second kappa shape index (κ2) is 4.36. The van der Waals surface area contributed by atoms with E-state index in [0.717, 1.165) is 21.3 Å². The zero-order chi connectivity index (χ0) is 11.7. The molecule has 0 bridgehead atoms. The Hall–Kier alpha value is -1.57. The third kappa shape index (κ3) is 1.88. The molecule has 0 aliphatic heterocycles. The quantitative estimate of drug-likeness (QED) is 0.541. The molecule has 1 heterocycles. The van der Waals surface area contributed by atoms with Crippen LogP contribution in [-0.4, -0.2) is 0 Å². The second-order valence-corrected chi connectivity index (χ2v) is 4.95. The fourth-order valence-electron chi connectivity index (χ4n) is 2.90. The standard InChI is InChI=1S/C15H17NO/c17-16-14-9-5-4-8-13(14)10-11-15(16)12-6-2-1-3-7-12/h4-5,8-12H,1-3,6-7H2. The van der Waals surface area contributed by atoms with Gasteiger partial charge in [0, 0.05) is 23.4 Å². The molecule has 0 saturated heterocycles. The Labute approximate surface area is 101 Å². The number of fused-ring (bicyclic) bond motifs is 1. The Morgan fingerprint density at radius 2 is 1.71 bits per heavy atom. The lowest BCUT2D eigenvalue weighted by Gasteiger charge is -2.20. The van der Waals surface area contributed by atoms with E-state index in [1.54, 1.807) is 0 Å². The minimum atomic E-state index is 0.464. The molecular weight excluding hydrogens is 210 g/mol. The molecule has 2 nitrogen and oxygen atoms in total. The van der Waals surface area contributed by atoms with Crippen molar-refractivity contribution in [3.63, 3.8) is 0 Å². The molecule has 0 atom stereocenters. The van der Waals surface area contributed by atoms with Gasteiger partial charge >= 0.3 is 0 Å². The zero-order valence-electron chi connectivity index (χ0n) is 9.93. The molecule has 3 rings (SSSR count). The van der Waals surface area contributed by atoms with Crippen LogP contribution in [0.3, 0.4) is 0 Å². The van der Waals surface area contributed by atoms with Crippen LogP contribution in [0.5, 0.6) is 0 Å². The van der Waals surface area contributed by atoms with E-state index in [2.05, 4.69) is 6.07 Å². The van der Waals surface area contributed by atoms with Crippen LogP contribution in [0.25, 0.3) is 10.9 Å². The molecule has 1 aromatic carbocycles. The average Bonchev–Trinajstić information content (AvgIpc) is 2.40. The molecule has 17 heavy (non-hydrogen) atoms. The highest BCUT2D eigenvalue weighted by Gasteiger charge is 2.23. The molecule has 0 unspecified atom stereocenters. The molecule has 0 N–H and O–H groups in total. The van der Waals surface area contributed by atoms with Crippen molar-refractivity contribution >= 4 is 10.9 Å². The van der Waals surface area contributed by atoms with Gasteiger partial charge < -0.3 is 5.21 Å². The van der Waals surface area contributed by atoms with Gasteiger partial charge in [0.1, 0.15) is 0 Å². The topological polar surface area (TPSA) is 26.9 Å². The fourth-order valence-corrected chi connectivity index (χ4v) is 2.90. The second-order valence-electron chi connectivity index (χ2n) is 4.95. The van der Waals surface area contributed by atoms with E-state index in [1.807, 2.05) is 30.3 Å². The van der Waals surface area contributed by atoms with Gasteiger partial charge in [0.25, 0.3) is 0 Å². The van der Waals surface area contributed by atoms with Crippen LogP contribution in [0, 0.1) is 5.21 Å². The summed E-state index contributed by atoms with van der Waals surface area (Å²) in [4.78, 5) is 0. The Bertz CT molecular complexity index is 529. The number of para-hydroxylation sites is 1. The van der Waals surface area contributed by atoms with Crippen LogP contribution in [0.4, 0.5) is 0 Å². The number of benzene rings is 1. The molecule has 0 amide bonds. The number of pyridine rings is 1. The lowest BCUT2D eigenvalue weighted by atomic mass is 9.86. The van der Waals surface area contributed by atoms with Gasteiger partial charge in [-0.05, 0) is 25.0 Å². The molecular formula is C15H17NO. The largest absolute Gasteiger partial charge is 0.618 e. The highest BCUT2D eigenvalue weighted by Crippen LogP contribution is 2.31. The van der Waals surface area contributed by atoms with E-state index in [4.69, 9.17) is 0 Å². The maximum atomic E-state index is 12.3. The lowest BCUT2D eigenvalue weighted by Crippen LogP contribution is -2.34. The van der Waals surface area contributed by atoms with Gasteiger partial charge in [-0.3, -0.25) is 0 Å². The first-order chi connectivity index (χ1) is 8.36. The monoisotopic (exact) mass is 227 g/mol. The van der Waals surface area contributed by atoms with E-state index in [-0.39, 0.29) is 0 Å². The fraction of sp³-hybridized carbons (Fsp3) is 0.400. The van der Waals surface area contributed by atoms with Crippen molar-refractivity contribution in [1.82, 2.24) is 0 Å². The summed E-state index contributed by atoms with van der Waals surface area (Å²) < 4.78 is 1.14. The average molecular weight is 227 g/mol. The van der Waals surface area contributed by atoms with Crippen LogP contribution in [0.2, 0.25) is 0 Å². The van der Waals surface area contributed by atoms with Crippen LogP contribution in [0.15, 0.2) is 36.4 Å². The number of aromatic nitrogens is 1. The molecule has 1 aliphatic carbocycles. The molecule has 1 fully saturated rings. The molecule has 1 aliphatic rings. The Kier molecular flexibility index (Phi) is 2.71. The van der Waals surface area contributed by atoms with Crippen LogP contribution in [0.1, 0.15) is 43.7 Å².